The first-order chi connectivity index (χ1) is 11.5. The molecular weight excluding hydrogens is 313 g/mol. The summed E-state index contributed by atoms with van der Waals surface area (Å²) in [4.78, 5) is 10.6. The van der Waals surface area contributed by atoms with Crippen molar-refractivity contribution in [2.45, 2.75) is 0 Å². The maximum Gasteiger partial charge on any atom is 0.341 e. The van der Waals surface area contributed by atoms with E-state index in [2.05, 4.69) is 0 Å². The second kappa shape index (κ2) is 7.79. The van der Waals surface area contributed by atoms with Gasteiger partial charge in [-0.3, -0.25) is 0 Å². The number of carboxylic acids is 1. The van der Waals surface area contributed by atoms with Crippen LogP contribution in [0.3, 0.4) is 0 Å². The SMILES string of the molecule is COc1cc(/C=C(/C#N)c2ccccc2F)ccc1OCC(=O)O. The molecule has 0 saturated carbocycles. The van der Waals surface area contributed by atoms with Gasteiger partial charge in [0, 0.05) is 5.56 Å². The fourth-order valence-corrected chi connectivity index (χ4v) is 2.05. The lowest BCUT2D eigenvalue weighted by molar-refractivity contribution is -0.139. The van der Waals surface area contributed by atoms with Crippen molar-refractivity contribution < 1.29 is 23.8 Å². The molecule has 0 amide bonds. The highest BCUT2D eigenvalue weighted by Crippen LogP contribution is 2.30. The molecule has 24 heavy (non-hydrogen) atoms. The molecule has 2 aromatic rings. The minimum absolute atomic E-state index is 0.161. The molecule has 0 aliphatic heterocycles. The molecule has 0 atom stereocenters. The van der Waals surface area contributed by atoms with Crippen LogP contribution in [0.2, 0.25) is 0 Å². The Morgan fingerprint density at radius 3 is 2.67 bits per heavy atom. The molecule has 122 valence electrons. The van der Waals surface area contributed by atoms with Crippen LogP contribution in [-0.2, 0) is 4.79 Å². The first-order valence-electron chi connectivity index (χ1n) is 6.94. The standard InChI is InChI=1S/C18H14FNO4/c1-23-17-9-12(6-7-16(17)24-11-18(21)22)8-13(10-20)14-4-2-3-5-15(14)19/h2-9H,11H2,1H3,(H,21,22)/b13-8-. The number of nitriles is 1. The van der Waals surface area contributed by atoms with Gasteiger partial charge in [0.1, 0.15) is 5.82 Å². The van der Waals surface area contributed by atoms with E-state index in [1.807, 2.05) is 6.07 Å². The van der Waals surface area contributed by atoms with E-state index in [0.29, 0.717) is 11.3 Å². The topological polar surface area (TPSA) is 79.5 Å². The third kappa shape index (κ3) is 4.11. The van der Waals surface area contributed by atoms with Gasteiger partial charge in [0.15, 0.2) is 18.1 Å². The number of carboxylic acid groups (broad SMARTS) is 1. The molecule has 5 nitrogen and oxygen atoms in total. The van der Waals surface area contributed by atoms with Crippen LogP contribution in [0.1, 0.15) is 11.1 Å². The van der Waals surface area contributed by atoms with Crippen molar-refractivity contribution in [2.75, 3.05) is 13.7 Å². The highest BCUT2D eigenvalue weighted by molar-refractivity contribution is 5.90. The number of methoxy groups -OCH3 is 1. The summed E-state index contributed by atoms with van der Waals surface area (Å²) < 4.78 is 24.1. The second-order valence-electron chi connectivity index (χ2n) is 4.74. The van der Waals surface area contributed by atoms with E-state index in [1.165, 1.54) is 31.4 Å². The number of rotatable bonds is 6. The average Bonchev–Trinajstić information content (AvgIpc) is 2.58. The number of aliphatic carboxylic acids is 1. The van der Waals surface area contributed by atoms with Crippen LogP contribution < -0.4 is 9.47 Å². The molecule has 0 saturated heterocycles. The van der Waals surface area contributed by atoms with Gasteiger partial charge < -0.3 is 14.6 Å². The highest BCUT2D eigenvalue weighted by atomic mass is 19.1. The minimum Gasteiger partial charge on any atom is -0.493 e. The molecule has 0 aliphatic carbocycles. The number of benzene rings is 2. The molecule has 6 heteroatoms. The first kappa shape index (κ1) is 17.0. The zero-order valence-corrected chi connectivity index (χ0v) is 12.8. The van der Waals surface area contributed by atoms with Crippen LogP contribution in [0, 0.1) is 17.1 Å². The van der Waals surface area contributed by atoms with Gasteiger partial charge in [-0.25, -0.2) is 9.18 Å². The number of hydrogen-bond donors (Lipinski definition) is 1. The molecule has 2 rings (SSSR count). The van der Waals surface area contributed by atoms with Gasteiger partial charge in [-0.05, 0) is 29.8 Å². The van der Waals surface area contributed by atoms with E-state index in [1.54, 1.807) is 24.3 Å². The molecule has 1 N–H and O–H groups in total. The third-order valence-electron chi connectivity index (χ3n) is 3.13. The lowest BCUT2D eigenvalue weighted by atomic mass is 10.0. The van der Waals surface area contributed by atoms with Gasteiger partial charge in [0.2, 0.25) is 0 Å². The minimum atomic E-state index is -1.10. The second-order valence-corrected chi connectivity index (χ2v) is 4.74. The van der Waals surface area contributed by atoms with Crippen LogP contribution in [0.4, 0.5) is 4.39 Å². The largest absolute Gasteiger partial charge is 0.493 e. The molecular formula is C18H14FNO4. The van der Waals surface area contributed by atoms with Crippen LogP contribution in [0.5, 0.6) is 11.5 Å². The summed E-state index contributed by atoms with van der Waals surface area (Å²) in [6.45, 7) is -0.496. The summed E-state index contributed by atoms with van der Waals surface area (Å²) in [5.41, 5.74) is 0.953. The van der Waals surface area contributed by atoms with E-state index in [9.17, 15) is 14.4 Å². The fraction of sp³-hybridized carbons (Fsp3) is 0.111. The lowest BCUT2D eigenvalue weighted by Gasteiger charge is -2.10. The van der Waals surface area contributed by atoms with Crippen molar-refractivity contribution >= 4 is 17.6 Å². The lowest BCUT2D eigenvalue weighted by Crippen LogP contribution is -2.10. The van der Waals surface area contributed by atoms with Gasteiger partial charge in [0.25, 0.3) is 0 Å². The molecule has 0 unspecified atom stereocenters. The van der Waals surface area contributed by atoms with E-state index in [0.717, 1.165) is 0 Å². The summed E-state index contributed by atoms with van der Waals surface area (Å²) in [5, 5.41) is 17.9. The average molecular weight is 327 g/mol. The summed E-state index contributed by atoms with van der Waals surface area (Å²) in [6.07, 6.45) is 1.52. The molecule has 2 aromatic carbocycles. The monoisotopic (exact) mass is 327 g/mol. The Morgan fingerprint density at radius 2 is 2.04 bits per heavy atom. The fourth-order valence-electron chi connectivity index (χ4n) is 2.05. The zero-order valence-electron chi connectivity index (χ0n) is 12.8. The molecule has 0 radical (unpaired) electrons. The van der Waals surface area contributed by atoms with Crippen LogP contribution >= 0.6 is 0 Å². The molecule has 0 heterocycles. The molecule has 0 bridgehead atoms. The molecule has 0 spiro atoms. The Bertz CT molecular complexity index is 824. The van der Waals surface area contributed by atoms with Crippen molar-refractivity contribution in [3.63, 3.8) is 0 Å². The van der Waals surface area contributed by atoms with Gasteiger partial charge in [-0.1, -0.05) is 24.3 Å². The van der Waals surface area contributed by atoms with Crippen molar-refractivity contribution in [1.29, 1.82) is 5.26 Å². The highest BCUT2D eigenvalue weighted by Gasteiger charge is 2.10. The van der Waals surface area contributed by atoms with Gasteiger partial charge in [-0.15, -0.1) is 0 Å². The zero-order chi connectivity index (χ0) is 17.5. The Hall–Kier alpha value is -3.33. The van der Waals surface area contributed by atoms with Crippen LogP contribution in [0.25, 0.3) is 11.6 Å². The van der Waals surface area contributed by atoms with Crippen molar-refractivity contribution in [1.82, 2.24) is 0 Å². The predicted octanol–water partition coefficient (Wildman–Crippen LogP) is 3.36. The van der Waals surface area contributed by atoms with Gasteiger partial charge in [0.05, 0.1) is 18.8 Å². The summed E-state index contributed by atoms with van der Waals surface area (Å²) in [6, 6.07) is 12.7. The van der Waals surface area contributed by atoms with Gasteiger partial charge >= 0.3 is 5.97 Å². The van der Waals surface area contributed by atoms with Crippen LogP contribution in [-0.4, -0.2) is 24.8 Å². The smallest absolute Gasteiger partial charge is 0.341 e. The number of nitrogens with zero attached hydrogens (tertiary/aromatic N) is 1. The number of carbonyl (C=O) groups is 1. The summed E-state index contributed by atoms with van der Waals surface area (Å²) in [5.74, 6) is -1.01. The van der Waals surface area contributed by atoms with E-state index in [4.69, 9.17) is 14.6 Å². The summed E-state index contributed by atoms with van der Waals surface area (Å²) in [7, 11) is 1.42. The number of halogens is 1. The molecule has 0 fully saturated rings. The molecule has 0 aromatic heterocycles. The number of allylic oxidation sites excluding steroid dienone is 1. The van der Waals surface area contributed by atoms with E-state index >= 15 is 0 Å². The Kier molecular flexibility index (Phi) is 5.53. The Balaban J connectivity index is 2.36. The van der Waals surface area contributed by atoms with Crippen molar-refractivity contribution in [2.24, 2.45) is 0 Å². The summed E-state index contributed by atoms with van der Waals surface area (Å²) >= 11 is 0. The van der Waals surface area contributed by atoms with E-state index in [-0.39, 0.29) is 16.9 Å². The number of hydrogen-bond acceptors (Lipinski definition) is 4. The van der Waals surface area contributed by atoms with Crippen molar-refractivity contribution in [3.8, 4) is 17.6 Å². The maximum absolute atomic E-state index is 13.8. The Labute approximate surface area is 138 Å². The number of ether oxygens (including phenoxy) is 2. The van der Waals surface area contributed by atoms with Gasteiger partial charge in [-0.2, -0.15) is 5.26 Å². The predicted molar refractivity (Wildman–Crippen MR) is 86.0 cm³/mol. The maximum atomic E-state index is 13.8. The first-order valence-corrected chi connectivity index (χ1v) is 6.94. The van der Waals surface area contributed by atoms with Crippen molar-refractivity contribution in [3.05, 3.63) is 59.4 Å². The molecule has 0 aliphatic rings. The third-order valence-corrected chi connectivity index (χ3v) is 3.13. The van der Waals surface area contributed by atoms with E-state index < -0.39 is 18.4 Å². The quantitative estimate of drug-likeness (QED) is 0.650. The Morgan fingerprint density at radius 1 is 1.29 bits per heavy atom. The normalized spacial score (nSPS) is 10.8. The van der Waals surface area contributed by atoms with Crippen LogP contribution in [0.15, 0.2) is 42.5 Å².